The van der Waals surface area contributed by atoms with Gasteiger partial charge in [0.05, 0.1) is 0 Å². The first kappa shape index (κ1) is 22.7. The summed E-state index contributed by atoms with van der Waals surface area (Å²) in [6.07, 6.45) is -1.83. The molecular formula is CH6CaCoO7S. The topological polar surface area (TPSA) is 132 Å². The van der Waals surface area contributed by atoms with Crippen molar-refractivity contribution in [1.82, 2.24) is 0 Å². The van der Waals surface area contributed by atoms with Gasteiger partial charge in [-0.1, -0.05) is 0 Å². The van der Waals surface area contributed by atoms with Crippen LogP contribution >= 0.6 is 0 Å². The summed E-state index contributed by atoms with van der Waals surface area (Å²) in [4.78, 5) is 8.56. The predicted octanol–water partition coefficient (Wildman–Crippen LogP) is -1.35. The monoisotopic (exact) mass is 261 g/mol. The van der Waals surface area contributed by atoms with E-state index in [0.717, 1.165) is 0 Å². The third-order valence-corrected chi connectivity index (χ3v) is 0. The molecule has 0 aromatic carbocycles. The van der Waals surface area contributed by atoms with Crippen molar-refractivity contribution in [3.63, 3.8) is 0 Å². The standard InChI is InChI=1S/CH2O3.Ca.Co.H2O4S.2H/c2-1(3)4;;;1-5(2,3)4;;/h(H2,2,3,4);;;(H2,1,2,3,4);;. The molecule has 0 heterocycles. The summed E-state index contributed by atoms with van der Waals surface area (Å²) < 4.78 is 31.6. The van der Waals surface area contributed by atoms with Crippen LogP contribution in [0, 0.1) is 0 Å². The molecule has 0 aliphatic heterocycles. The van der Waals surface area contributed by atoms with Crippen LogP contribution in [0.4, 0.5) is 4.79 Å². The number of hydrogen-bond acceptors (Lipinski definition) is 3. The molecule has 0 aromatic heterocycles. The number of hydrogen-bond donors (Lipinski definition) is 4. The second-order valence-corrected chi connectivity index (χ2v) is 1.63. The molecule has 0 aromatic rings. The molecule has 0 unspecified atom stereocenters. The molecule has 7 nitrogen and oxygen atoms in total. The Labute approximate surface area is 103 Å². The fourth-order valence-corrected chi connectivity index (χ4v) is 0. The molecule has 0 fully saturated rings. The zero-order chi connectivity index (χ0) is 8.08. The maximum Gasteiger partial charge on any atom is 0 e. The minimum absolute atomic E-state index is 0. The van der Waals surface area contributed by atoms with E-state index in [0.29, 0.717) is 0 Å². The third kappa shape index (κ3) is 1050. The van der Waals surface area contributed by atoms with Crippen molar-refractivity contribution in [1.29, 1.82) is 0 Å². The summed E-state index contributed by atoms with van der Waals surface area (Å²) in [6, 6.07) is 0. The normalized spacial score (nSPS) is 7.45. The summed E-state index contributed by atoms with van der Waals surface area (Å²) in [6.45, 7) is 0. The molecule has 11 heavy (non-hydrogen) atoms. The van der Waals surface area contributed by atoms with Gasteiger partial charge in [0.2, 0.25) is 0 Å². The minimum atomic E-state index is -4.67. The van der Waals surface area contributed by atoms with Gasteiger partial charge < -0.3 is 10.2 Å². The van der Waals surface area contributed by atoms with Crippen molar-refractivity contribution < 1.29 is 49.3 Å². The van der Waals surface area contributed by atoms with Crippen molar-refractivity contribution in [2.45, 2.75) is 0 Å². The van der Waals surface area contributed by atoms with Gasteiger partial charge >= 0.3 is 54.3 Å². The van der Waals surface area contributed by atoms with Crippen LogP contribution in [0.5, 0.6) is 0 Å². The Balaban J connectivity index is -0.0000000383. The van der Waals surface area contributed by atoms with Crippen LogP contribution in [0.2, 0.25) is 0 Å². The molecule has 0 bridgehead atoms. The fraction of sp³-hybridized carbons (Fsp3) is 0. The van der Waals surface area contributed by atoms with Gasteiger partial charge in [0, 0.05) is 16.8 Å². The Bertz CT molecular complexity index is 161. The molecule has 4 N–H and O–H groups in total. The van der Waals surface area contributed by atoms with E-state index >= 15 is 0 Å². The number of carboxylic acid groups (broad SMARTS) is 2. The predicted molar refractivity (Wildman–Crippen MR) is 33.4 cm³/mol. The largest absolute Gasteiger partial charge is 0 e. The van der Waals surface area contributed by atoms with Crippen molar-refractivity contribution in [3.8, 4) is 0 Å². The Kier molecular flexibility index (Phi) is 22.5. The van der Waals surface area contributed by atoms with Crippen molar-refractivity contribution in [3.05, 3.63) is 0 Å². The van der Waals surface area contributed by atoms with Gasteiger partial charge in [-0.3, -0.25) is 9.11 Å². The Morgan fingerprint density at radius 1 is 1.09 bits per heavy atom. The maximum absolute atomic E-state index is 8.74. The average molecular weight is 261 g/mol. The van der Waals surface area contributed by atoms with Gasteiger partial charge in [-0.25, -0.2) is 4.79 Å². The smallest absolute Gasteiger partial charge is 0 e. The molecular weight excluding hydrogens is 255 g/mol. The summed E-state index contributed by atoms with van der Waals surface area (Å²) in [7, 11) is -4.67. The molecule has 0 saturated carbocycles. The maximum atomic E-state index is 8.74. The fourth-order valence-electron chi connectivity index (χ4n) is 0. The second kappa shape index (κ2) is 10.9. The zero-order valence-corrected chi connectivity index (χ0v) is 6.11. The van der Waals surface area contributed by atoms with Crippen LogP contribution in [-0.2, 0) is 27.2 Å². The average Bonchev–Trinajstić information content (AvgIpc) is 1.19. The molecule has 0 amide bonds. The number of rotatable bonds is 0. The summed E-state index contributed by atoms with van der Waals surface area (Å²) >= 11 is 0. The van der Waals surface area contributed by atoms with Gasteiger partial charge in [-0.2, -0.15) is 8.42 Å². The summed E-state index contributed by atoms with van der Waals surface area (Å²) in [5, 5.41) is 13.9. The molecule has 0 rings (SSSR count). The zero-order valence-electron chi connectivity index (χ0n) is 4.26. The molecule has 10 heteroatoms. The van der Waals surface area contributed by atoms with Crippen molar-refractivity contribution >= 4 is 54.3 Å². The van der Waals surface area contributed by atoms with Gasteiger partial charge in [0.15, 0.2) is 0 Å². The molecule has 0 atom stereocenters. The van der Waals surface area contributed by atoms with Crippen LogP contribution in [0.1, 0.15) is 0 Å². The van der Waals surface area contributed by atoms with E-state index in [4.69, 9.17) is 32.5 Å². The SMILES string of the molecule is O=C(O)O.O=S(=O)(O)O.[CaH2].[Co]. The second-order valence-electron chi connectivity index (χ2n) is 0.730. The van der Waals surface area contributed by atoms with E-state index in [9.17, 15) is 0 Å². The Hall–Kier alpha value is 0.906. The molecule has 1 radical (unpaired) electrons. The van der Waals surface area contributed by atoms with Gasteiger partial charge in [-0.05, 0) is 0 Å². The number of carbonyl (C=O) groups is 1. The van der Waals surface area contributed by atoms with Crippen LogP contribution in [0.25, 0.3) is 0 Å². The van der Waals surface area contributed by atoms with E-state index in [1.807, 2.05) is 0 Å². The van der Waals surface area contributed by atoms with Crippen LogP contribution in [0.15, 0.2) is 0 Å². The van der Waals surface area contributed by atoms with Crippen LogP contribution in [0.3, 0.4) is 0 Å². The molecule has 0 aliphatic carbocycles. The quantitative estimate of drug-likeness (QED) is 0.313. The van der Waals surface area contributed by atoms with E-state index in [-0.39, 0.29) is 54.5 Å². The van der Waals surface area contributed by atoms with Gasteiger partial charge in [-0.15, -0.1) is 0 Å². The van der Waals surface area contributed by atoms with E-state index in [1.54, 1.807) is 0 Å². The van der Waals surface area contributed by atoms with Crippen LogP contribution in [-0.4, -0.2) is 71.6 Å². The van der Waals surface area contributed by atoms with E-state index < -0.39 is 16.6 Å². The van der Waals surface area contributed by atoms with Gasteiger partial charge in [0.25, 0.3) is 0 Å². The van der Waals surface area contributed by atoms with Crippen molar-refractivity contribution in [2.75, 3.05) is 0 Å². The van der Waals surface area contributed by atoms with Crippen molar-refractivity contribution in [2.24, 2.45) is 0 Å². The van der Waals surface area contributed by atoms with E-state index in [1.165, 1.54) is 0 Å². The minimum Gasteiger partial charge on any atom is 0 e. The first-order valence-corrected chi connectivity index (χ1v) is 2.75. The summed E-state index contributed by atoms with van der Waals surface area (Å²) in [5.74, 6) is 0. The third-order valence-electron chi connectivity index (χ3n) is 0. The van der Waals surface area contributed by atoms with Gasteiger partial charge in [0.1, 0.15) is 0 Å². The first-order chi connectivity index (χ1) is 3.73. The Morgan fingerprint density at radius 2 is 1.09 bits per heavy atom. The molecule has 69 valence electrons. The van der Waals surface area contributed by atoms with E-state index in [2.05, 4.69) is 0 Å². The first-order valence-electron chi connectivity index (χ1n) is 1.35. The summed E-state index contributed by atoms with van der Waals surface area (Å²) in [5.41, 5.74) is 0. The van der Waals surface area contributed by atoms with Crippen LogP contribution < -0.4 is 0 Å². The molecule has 0 saturated heterocycles. The molecule has 0 aliphatic rings. The molecule has 0 spiro atoms. The Morgan fingerprint density at radius 3 is 1.09 bits per heavy atom.